The maximum Gasteiger partial charge on any atom is 0.274 e. The van der Waals surface area contributed by atoms with Crippen LogP contribution in [0.25, 0.3) is 0 Å². The van der Waals surface area contributed by atoms with Gasteiger partial charge in [0.05, 0.1) is 21.3 Å². The van der Waals surface area contributed by atoms with Gasteiger partial charge in [-0.1, -0.05) is 16.8 Å². The van der Waals surface area contributed by atoms with E-state index in [-0.39, 0.29) is 0 Å². The third-order valence-electron chi connectivity index (χ3n) is 3.36. The van der Waals surface area contributed by atoms with Crippen LogP contribution in [-0.4, -0.2) is 39.7 Å². The highest BCUT2D eigenvalue weighted by atomic mass is 35.5. The van der Waals surface area contributed by atoms with Gasteiger partial charge in [0, 0.05) is 48.4 Å². The summed E-state index contributed by atoms with van der Waals surface area (Å²) in [5.74, 6) is 4.19. The molecule has 0 amide bonds. The van der Waals surface area contributed by atoms with Gasteiger partial charge in [-0.15, -0.1) is 0 Å². The van der Waals surface area contributed by atoms with Gasteiger partial charge in [0.2, 0.25) is 0 Å². The van der Waals surface area contributed by atoms with Crippen LogP contribution in [0.5, 0.6) is 0 Å². The van der Waals surface area contributed by atoms with Crippen molar-refractivity contribution >= 4 is 35.1 Å². The number of nitro groups is 1. The van der Waals surface area contributed by atoms with Gasteiger partial charge in [-0.25, -0.2) is 0 Å². The molecule has 0 radical (unpaired) electrons. The minimum Gasteiger partial charge on any atom is -0.366 e. The van der Waals surface area contributed by atoms with Crippen LogP contribution in [0.1, 0.15) is 17.1 Å². The average Bonchev–Trinajstić information content (AvgIpc) is 3.07. The van der Waals surface area contributed by atoms with E-state index in [0.717, 1.165) is 40.6 Å². The molecule has 0 fully saturated rings. The summed E-state index contributed by atoms with van der Waals surface area (Å²) in [4.78, 5) is 14.6. The molecule has 11 heteroatoms. The summed E-state index contributed by atoms with van der Waals surface area (Å²) >= 11 is 9.41. The normalized spacial score (nSPS) is 11.4. The second kappa shape index (κ2) is 12.5. The Morgan fingerprint density at radius 3 is 2.64 bits per heavy atom. The predicted octanol–water partition coefficient (Wildman–Crippen LogP) is 3.45. The Balaban J connectivity index is 1.62. The van der Waals surface area contributed by atoms with Crippen molar-refractivity contribution in [2.75, 3.05) is 24.6 Å². The van der Waals surface area contributed by atoms with E-state index in [1.165, 1.54) is 0 Å². The zero-order valence-electron chi connectivity index (χ0n) is 15.4. The fourth-order valence-electron chi connectivity index (χ4n) is 2.13. The van der Waals surface area contributed by atoms with Gasteiger partial charge in [0.25, 0.3) is 6.20 Å². The quantitative estimate of drug-likeness (QED) is 0.273. The molecular weight excluding hydrogens is 422 g/mol. The molecule has 0 spiro atoms. The lowest BCUT2D eigenvalue weighted by atomic mass is 10.4. The van der Waals surface area contributed by atoms with Crippen molar-refractivity contribution in [3.63, 3.8) is 0 Å². The Morgan fingerprint density at radius 1 is 1.32 bits per heavy atom. The Bertz CT molecular complexity index is 788. The van der Waals surface area contributed by atoms with Gasteiger partial charge in [0.15, 0.2) is 5.82 Å². The van der Waals surface area contributed by atoms with Gasteiger partial charge in [-0.2, -0.15) is 23.5 Å². The van der Waals surface area contributed by atoms with Gasteiger partial charge < -0.3 is 15.2 Å². The molecule has 0 saturated heterocycles. The zero-order chi connectivity index (χ0) is 20.2. The van der Waals surface area contributed by atoms with Crippen molar-refractivity contribution in [3.05, 3.63) is 68.7 Å². The topological polar surface area (TPSA) is 106 Å². The van der Waals surface area contributed by atoms with E-state index in [1.807, 2.05) is 19.1 Å². The molecule has 2 rings (SSSR count). The lowest BCUT2D eigenvalue weighted by molar-refractivity contribution is -0.404. The number of aryl methyl sites for hydroxylation is 1. The number of hydrogen-bond donors (Lipinski definition) is 2. The number of halogens is 1. The van der Waals surface area contributed by atoms with Crippen LogP contribution in [0, 0.1) is 17.0 Å². The summed E-state index contributed by atoms with van der Waals surface area (Å²) in [5.41, 5.74) is 1.74. The first kappa shape index (κ1) is 22.4. The Hall–Kier alpha value is -1.91. The van der Waals surface area contributed by atoms with Crippen molar-refractivity contribution in [1.82, 2.24) is 20.8 Å². The Kier molecular flexibility index (Phi) is 10.0. The van der Waals surface area contributed by atoms with E-state index < -0.39 is 4.92 Å². The van der Waals surface area contributed by atoms with Crippen LogP contribution in [0.2, 0.25) is 5.02 Å². The summed E-state index contributed by atoms with van der Waals surface area (Å²) in [6, 6.07) is 5.51. The standard InChI is InChI=1S/C17H22ClN5O3S2/c1-13-9-14(22-26-13)11-27-7-5-20-17(10-23(24)25)21-6-8-28-12-16-15(18)3-2-4-19-16/h2-4,9-10,20-21H,5-8,11-12H2,1H3. The van der Waals surface area contributed by atoms with E-state index in [4.69, 9.17) is 16.1 Å². The van der Waals surface area contributed by atoms with Gasteiger partial charge in [-0.05, 0) is 19.1 Å². The summed E-state index contributed by atoms with van der Waals surface area (Å²) in [5, 5.41) is 21.5. The smallest absolute Gasteiger partial charge is 0.274 e. The molecule has 0 aromatic carbocycles. The number of rotatable bonds is 13. The number of nitrogens with zero attached hydrogens (tertiary/aromatic N) is 3. The fourth-order valence-corrected chi connectivity index (χ4v) is 3.95. The minimum atomic E-state index is -0.471. The Labute approximate surface area is 177 Å². The van der Waals surface area contributed by atoms with Crippen molar-refractivity contribution in [1.29, 1.82) is 0 Å². The van der Waals surface area contributed by atoms with Gasteiger partial charge in [-0.3, -0.25) is 15.1 Å². The molecule has 0 bridgehead atoms. The third kappa shape index (κ3) is 8.85. The molecule has 0 aliphatic heterocycles. The maximum atomic E-state index is 10.8. The van der Waals surface area contributed by atoms with Gasteiger partial charge in [0.1, 0.15) is 5.76 Å². The van der Waals surface area contributed by atoms with Crippen LogP contribution < -0.4 is 10.6 Å². The zero-order valence-corrected chi connectivity index (χ0v) is 17.8. The Morgan fingerprint density at radius 2 is 2.04 bits per heavy atom. The highest BCUT2D eigenvalue weighted by Gasteiger charge is 2.05. The summed E-state index contributed by atoms with van der Waals surface area (Å²) in [7, 11) is 0. The van der Waals surface area contributed by atoms with E-state index in [2.05, 4.69) is 20.8 Å². The molecular formula is C17H22ClN5O3S2. The van der Waals surface area contributed by atoms with Crippen LogP contribution >= 0.6 is 35.1 Å². The van der Waals surface area contributed by atoms with E-state index in [0.29, 0.717) is 29.7 Å². The maximum absolute atomic E-state index is 10.8. The number of thioether (sulfide) groups is 2. The molecule has 2 aromatic rings. The molecule has 0 unspecified atom stereocenters. The van der Waals surface area contributed by atoms with Crippen molar-refractivity contribution < 1.29 is 9.45 Å². The van der Waals surface area contributed by atoms with Crippen LogP contribution in [0.4, 0.5) is 0 Å². The lowest BCUT2D eigenvalue weighted by Gasteiger charge is -2.11. The fraction of sp³-hybridized carbons (Fsp3) is 0.412. The van der Waals surface area contributed by atoms with Crippen LogP contribution in [0.3, 0.4) is 0 Å². The molecule has 28 heavy (non-hydrogen) atoms. The lowest BCUT2D eigenvalue weighted by Crippen LogP contribution is -2.30. The second-order valence-electron chi connectivity index (χ2n) is 5.65. The van der Waals surface area contributed by atoms with Crippen molar-refractivity contribution in [2.45, 2.75) is 18.4 Å². The highest BCUT2D eigenvalue weighted by molar-refractivity contribution is 7.98. The number of nitrogens with one attached hydrogen (secondary N) is 2. The van der Waals surface area contributed by atoms with Crippen LogP contribution in [0.15, 0.2) is 40.9 Å². The first-order chi connectivity index (χ1) is 13.5. The first-order valence-electron chi connectivity index (χ1n) is 8.54. The van der Waals surface area contributed by atoms with E-state index in [9.17, 15) is 10.1 Å². The largest absolute Gasteiger partial charge is 0.366 e. The summed E-state index contributed by atoms with van der Waals surface area (Å²) in [6.45, 7) is 3.05. The van der Waals surface area contributed by atoms with Gasteiger partial charge >= 0.3 is 0 Å². The molecule has 0 saturated carbocycles. The first-order valence-corrected chi connectivity index (χ1v) is 11.2. The van der Waals surface area contributed by atoms with E-state index in [1.54, 1.807) is 35.8 Å². The predicted molar refractivity (Wildman–Crippen MR) is 114 cm³/mol. The highest BCUT2D eigenvalue weighted by Crippen LogP contribution is 2.18. The SMILES string of the molecule is Cc1cc(CSCCNC(=C[N+](=O)[O-])NCCSCc2ncccc2Cl)no1. The molecule has 2 N–H and O–H groups in total. The number of aromatic nitrogens is 2. The summed E-state index contributed by atoms with van der Waals surface area (Å²) < 4.78 is 5.02. The summed E-state index contributed by atoms with van der Waals surface area (Å²) in [6.07, 6.45) is 2.66. The van der Waals surface area contributed by atoms with Crippen molar-refractivity contribution in [3.8, 4) is 0 Å². The molecule has 2 heterocycles. The average molecular weight is 444 g/mol. The molecule has 0 aliphatic carbocycles. The third-order valence-corrected chi connectivity index (χ3v) is 5.67. The van der Waals surface area contributed by atoms with E-state index >= 15 is 0 Å². The van der Waals surface area contributed by atoms with Crippen LogP contribution in [-0.2, 0) is 11.5 Å². The minimum absolute atomic E-state index is 0.402. The monoisotopic (exact) mass is 443 g/mol. The molecule has 2 aromatic heterocycles. The molecule has 152 valence electrons. The number of pyridine rings is 1. The molecule has 8 nitrogen and oxygen atoms in total. The molecule has 0 aliphatic rings. The second-order valence-corrected chi connectivity index (χ2v) is 8.27. The molecule has 0 atom stereocenters. The number of hydrogen-bond acceptors (Lipinski definition) is 9. The van der Waals surface area contributed by atoms with Crippen molar-refractivity contribution in [2.24, 2.45) is 0 Å².